The van der Waals surface area contributed by atoms with E-state index < -0.39 is 0 Å². The molecule has 0 fully saturated rings. The molecule has 1 heterocycles. The normalized spacial score (nSPS) is 7.90. The van der Waals surface area contributed by atoms with E-state index in [-0.39, 0.29) is 5.78 Å². The Labute approximate surface area is 61.5 Å². The van der Waals surface area contributed by atoms with Crippen LogP contribution < -0.4 is 0 Å². The standard InChI is InChI=1S/C5H7N.C3H6O/c1-6-4-2-3-5-6;1-3(2)4/h2-5H,1H3;1-2H3. The third kappa shape index (κ3) is 6.95. The van der Waals surface area contributed by atoms with Crippen molar-refractivity contribution in [3.63, 3.8) is 0 Å². The van der Waals surface area contributed by atoms with Gasteiger partial charge in [0, 0.05) is 19.4 Å². The molecular formula is C8H13NO. The Morgan fingerprint density at radius 1 is 1.20 bits per heavy atom. The van der Waals surface area contributed by atoms with Crippen LogP contribution in [-0.2, 0) is 11.8 Å². The number of aryl methyl sites for hydroxylation is 1. The number of aromatic nitrogens is 1. The Hall–Kier alpha value is -1.05. The quantitative estimate of drug-likeness (QED) is 0.535. The molecule has 0 atom stereocenters. The SMILES string of the molecule is CC(C)=O.Cn1cccc1. The number of carbonyl (C=O) groups excluding carboxylic acids is 1. The molecule has 2 heteroatoms. The summed E-state index contributed by atoms with van der Waals surface area (Å²) in [5.74, 6) is 0.167. The molecule has 0 aliphatic rings. The molecule has 0 saturated heterocycles. The van der Waals surface area contributed by atoms with Crippen molar-refractivity contribution in [3.8, 4) is 0 Å². The third-order valence-electron chi connectivity index (χ3n) is 0.754. The molecule has 0 radical (unpaired) electrons. The second-order valence-corrected chi connectivity index (χ2v) is 2.26. The van der Waals surface area contributed by atoms with Crippen LogP contribution in [-0.4, -0.2) is 10.4 Å². The van der Waals surface area contributed by atoms with Crippen LogP contribution in [0.3, 0.4) is 0 Å². The Kier molecular flexibility index (Phi) is 4.29. The van der Waals surface area contributed by atoms with Crippen molar-refractivity contribution in [3.05, 3.63) is 24.5 Å². The lowest BCUT2D eigenvalue weighted by molar-refractivity contribution is -0.114. The van der Waals surface area contributed by atoms with E-state index in [1.807, 2.05) is 36.1 Å². The fourth-order valence-corrected chi connectivity index (χ4v) is 0.421. The highest BCUT2D eigenvalue weighted by atomic mass is 16.1. The monoisotopic (exact) mass is 139 g/mol. The second-order valence-electron chi connectivity index (χ2n) is 2.26. The molecule has 0 bridgehead atoms. The highest BCUT2D eigenvalue weighted by Crippen LogP contribution is 1.80. The van der Waals surface area contributed by atoms with Crippen molar-refractivity contribution in [1.29, 1.82) is 0 Å². The maximum absolute atomic E-state index is 9.44. The smallest absolute Gasteiger partial charge is 0.126 e. The van der Waals surface area contributed by atoms with Gasteiger partial charge in [0.1, 0.15) is 5.78 Å². The molecule has 0 N–H and O–H groups in total. The van der Waals surface area contributed by atoms with Crippen molar-refractivity contribution in [2.24, 2.45) is 7.05 Å². The summed E-state index contributed by atoms with van der Waals surface area (Å²) < 4.78 is 2.00. The number of ketones is 1. The Morgan fingerprint density at radius 3 is 1.60 bits per heavy atom. The van der Waals surface area contributed by atoms with Gasteiger partial charge in [-0.2, -0.15) is 0 Å². The summed E-state index contributed by atoms with van der Waals surface area (Å²) in [6.07, 6.45) is 4.00. The maximum atomic E-state index is 9.44. The van der Waals surface area contributed by atoms with E-state index in [1.54, 1.807) is 0 Å². The molecule has 56 valence electrons. The minimum Gasteiger partial charge on any atom is -0.357 e. The van der Waals surface area contributed by atoms with Crippen LogP contribution >= 0.6 is 0 Å². The highest BCUT2D eigenvalue weighted by Gasteiger charge is 1.68. The second kappa shape index (κ2) is 4.79. The van der Waals surface area contributed by atoms with E-state index in [2.05, 4.69) is 0 Å². The molecule has 1 aromatic heterocycles. The van der Waals surface area contributed by atoms with Gasteiger partial charge in [0.2, 0.25) is 0 Å². The minimum absolute atomic E-state index is 0.167. The number of nitrogens with zero attached hydrogens (tertiary/aromatic N) is 1. The topological polar surface area (TPSA) is 22.0 Å². The average molecular weight is 139 g/mol. The molecule has 0 unspecified atom stereocenters. The fraction of sp³-hybridized carbons (Fsp3) is 0.375. The lowest BCUT2D eigenvalue weighted by atomic mass is 10.6. The van der Waals surface area contributed by atoms with Gasteiger partial charge in [0.15, 0.2) is 0 Å². The Bertz CT molecular complexity index is 173. The van der Waals surface area contributed by atoms with E-state index >= 15 is 0 Å². The van der Waals surface area contributed by atoms with E-state index in [1.165, 1.54) is 13.8 Å². The van der Waals surface area contributed by atoms with Gasteiger partial charge in [-0.15, -0.1) is 0 Å². The lowest BCUT2D eigenvalue weighted by Crippen LogP contribution is -1.75. The van der Waals surface area contributed by atoms with Gasteiger partial charge in [-0.3, -0.25) is 0 Å². The molecule has 2 nitrogen and oxygen atoms in total. The van der Waals surface area contributed by atoms with Gasteiger partial charge in [-0.05, 0) is 26.0 Å². The summed E-state index contributed by atoms with van der Waals surface area (Å²) in [6, 6.07) is 4.00. The number of Topliss-reactive ketones (excluding diaryl/α,β-unsaturated/α-hetero) is 1. The summed E-state index contributed by atoms with van der Waals surface area (Å²) >= 11 is 0. The van der Waals surface area contributed by atoms with Gasteiger partial charge < -0.3 is 9.36 Å². The molecule has 0 amide bonds. The first-order valence-electron chi connectivity index (χ1n) is 3.17. The number of hydrogen-bond donors (Lipinski definition) is 0. The van der Waals surface area contributed by atoms with Crippen LogP contribution in [0.4, 0.5) is 0 Å². The number of carbonyl (C=O) groups is 1. The van der Waals surface area contributed by atoms with Gasteiger partial charge in [0.05, 0.1) is 0 Å². The van der Waals surface area contributed by atoms with Crippen LogP contribution in [0.5, 0.6) is 0 Å². The van der Waals surface area contributed by atoms with Crippen LogP contribution in [0.2, 0.25) is 0 Å². The van der Waals surface area contributed by atoms with E-state index in [0.29, 0.717) is 0 Å². The zero-order valence-corrected chi connectivity index (χ0v) is 6.66. The van der Waals surface area contributed by atoms with E-state index in [9.17, 15) is 4.79 Å². The first kappa shape index (κ1) is 8.95. The van der Waals surface area contributed by atoms with Gasteiger partial charge >= 0.3 is 0 Å². The third-order valence-corrected chi connectivity index (χ3v) is 0.754. The summed E-state index contributed by atoms with van der Waals surface area (Å²) in [6.45, 7) is 3.06. The molecule has 1 aromatic rings. The van der Waals surface area contributed by atoms with Crippen molar-refractivity contribution in [2.75, 3.05) is 0 Å². The van der Waals surface area contributed by atoms with Crippen LogP contribution in [0.15, 0.2) is 24.5 Å². The van der Waals surface area contributed by atoms with Crippen LogP contribution in [0, 0.1) is 0 Å². The average Bonchev–Trinajstić information content (AvgIpc) is 2.15. The largest absolute Gasteiger partial charge is 0.357 e. The Morgan fingerprint density at radius 2 is 1.50 bits per heavy atom. The number of rotatable bonds is 0. The zero-order valence-electron chi connectivity index (χ0n) is 6.66. The zero-order chi connectivity index (χ0) is 7.98. The van der Waals surface area contributed by atoms with Crippen LogP contribution in [0.25, 0.3) is 0 Å². The molecule has 0 aliphatic heterocycles. The van der Waals surface area contributed by atoms with Crippen molar-refractivity contribution in [1.82, 2.24) is 4.57 Å². The molecule has 0 aromatic carbocycles. The van der Waals surface area contributed by atoms with Crippen molar-refractivity contribution >= 4 is 5.78 Å². The van der Waals surface area contributed by atoms with Crippen molar-refractivity contribution in [2.45, 2.75) is 13.8 Å². The predicted octanol–water partition coefficient (Wildman–Crippen LogP) is 1.62. The Balaban J connectivity index is 0.000000180. The lowest BCUT2D eigenvalue weighted by Gasteiger charge is -1.79. The summed E-state index contributed by atoms with van der Waals surface area (Å²) in [7, 11) is 2.00. The summed E-state index contributed by atoms with van der Waals surface area (Å²) in [5.41, 5.74) is 0. The maximum Gasteiger partial charge on any atom is 0.126 e. The van der Waals surface area contributed by atoms with Crippen LogP contribution in [0.1, 0.15) is 13.8 Å². The molecule has 0 aliphatic carbocycles. The van der Waals surface area contributed by atoms with Gasteiger partial charge in [0.25, 0.3) is 0 Å². The first-order chi connectivity index (χ1) is 4.63. The van der Waals surface area contributed by atoms with Crippen molar-refractivity contribution < 1.29 is 4.79 Å². The van der Waals surface area contributed by atoms with E-state index in [4.69, 9.17) is 0 Å². The fourth-order valence-electron chi connectivity index (χ4n) is 0.421. The first-order valence-corrected chi connectivity index (χ1v) is 3.17. The molecule has 10 heavy (non-hydrogen) atoms. The molecule has 0 saturated carbocycles. The molecule has 1 rings (SSSR count). The summed E-state index contributed by atoms with van der Waals surface area (Å²) in [4.78, 5) is 9.44. The molecule has 0 spiro atoms. The predicted molar refractivity (Wildman–Crippen MR) is 41.8 cm³/mol. The molecular weight excluding hydrogens is 126 g/mol. The summed E-state index contributed by atoms with van der Waals surface area (Å²) in [5, 5.41) is 0. The number of hydrogen-bond acceptors (Lipinski definition) is 1. The highest BCUT2D eigenvalue weighted by molar-refractivity contribution is 5.72. The van der Waals surface area contributed by atoms with Gasteiger partial charge in [-0.25, -0.2) is 0 Å². The van der Waals surface area contributed by atoms with Gasteiger partial charge in [-0.1, -0.05) is 0 Å². The van der Waals surface area contributed by atoms with E-state index in [0.717, 1.165) is 0 Å². The minimum atomic E-state index is 0.167.